The molecule has 0 aliphatic rings. The third-order valence-electron chi connectivity index (χ3n) is 6.02. The lowest BCUT2D eigenvalue weighted by atomic mass is 10.1. The monoisotopic (exact) mass is 692 g/mol. The number of rotatable bonds is 19. The largest absolute Gasteiger partial charge is 0.370 e. The van der Waals surface area contributed by atoms with Crippen molar-refractivity contribution in [2.45, 2.75) is 77.8 Å². The fraction of sp³-hybridized carbons (Fsp3) is 0.581. The zero-order valence-corrected chi connectivity index (χ0v) is 29.5. The summed E-state index contributed by atoms with van der Waals surface area (Å²) in [6.07, 6.45) is 4.95. The minimum absolute atomic E-state index is 0.00752. The van der Waals surface area contributed by atoms with Crippen molar-refractivity contribution in [3.8, 4) is 0 Å². The van der Waals surface area contributed by atoms with Crippen molar-refractivity contribution < 1.29 is 19.2 Å². The van der Waals surface area contributed by atoms with Crippen molar-refractivity contribution >= 4 is 57.0 Å². The van der Waals surface area contributed by atoms with Gasteiger partial charge in [-0.2, -0.15) is 0 Å². The maximum Gasteiger partial charge on any atom is 0.243 e. The third-order valence-corrected chi connectivity index (χ3v) is 7.07. The van der Waals surface area contributed by atoms with Crippen molar-refractivity contribution in [3.05, 3.63) is 29.3 Å². The van der Waals surface area contributed by atoms with Crippen molar-refractivity contribution in [2.24, 2.45) is 38.7 Å². The van der Waals surface area contributed by atoms with Crippen LogP contribution in [0.5, 0.6) is 0 Å². The number of nitrogens with two attached hydrogens (primary N) is 5. The first-order chi connectivity index (χ1) is 22.9. The highest BCUT2D eigenvalue weighted by Crippen LogP contribution is 2.23. The first kappa shape index (κ1) is 43.6. The molecule has 1 aromatic heterocycles. The van der Waals surface area contributed by atoms with Crippen LogP contribution in [0.1, 0.15) is 75.5 Å². The predicted octanol–water partition coefficient (Wildman–Crippen LogP) is 0.0529. The minimum Gasteiger partial charge on any atom is -0.370 e. The molecule has 0 fully saturated rings. The number of aliphatic imine (C=N–C) groups is 2. The molecule has 0 radical (unpaired) electrons. The van der Waals surface area contributed by atoms with E-state index in [0.29, 0.717) is 18.4 Å². The van der Waals surface area contributed by atoms with E-state index >= 15 is 0 Å². The number of guanidine groups is 2. The fourth-order valence-electron chi connectivity index (χ4n) is 3.82. The summed E-state index contributed by atoms with van der Waals surface area (Å²) in [5.74, 6) is -2.05. The van der Waals surface area contributed by atoms with Gasteiger partial charge in [-0.1, -0.05) is 45.7 Å². The van der Waals surface area contributed by atoms with Gasteiger partial charge in [0.05, 0.1) is 29.3 Å². The Morgan fingerprint density at radius 2 is 1.38 bits per heavy atom. The van der Waals surface area contributed by atoms with Crippen LogP contribution < -0.4 is 49.9 Å². The Balaban J connectivity index is 0.00000247. The summed E-state index contributed by atoms with van der Waals surface area (Å²) >= 11 is 1.23. The van der Waals surface area contributed by atoms with Gasteiger partial charge < -0.3 is 49.9 Å². The summed E-state index contributed by atoms with van der Waals surface area (Å²) in [6, 6.07) is 5.50. The number of para-hydroxylation sites is 1. The van der Waals surface area contributed by atoms with Crippen molar-refractivity contribution in [1.82, 2.24) is 26.3 Å². The number of carbonyl (C=O) groups excluding carboxylic acids is 4. The van der Waals surface area contributed by atoms with E-state index in [9.17, 15) is 19.2 Å². The van der Waals surface area contributed by atoms with E-state index in [2.05, 4.69) is 57.0 Å². The number of nitrogens with one attached hydrogen (secondary N) is 4. The van der Waals surface area contributed by atoms with E-state index in [1.807, 2.05) is 18.2 Å². The molecule has 0 bridgehead atoms. The first-order valence-electron chi connectivity index (χ1n) is 16.1. The predicted molar refractivity (Wildman–Crippen MR) is 194 cm³/mol. The minimum atomic E-state index is -0.914. The molecule has 2 rings (SSSR count). The molecule has 2 atom stereocenters. The Morgan fingerprint density at radius 1 is 0.833 bits per heavy atom. The Labute approximate surface area is 287 Å². The number of aromatic nitrogens is 1. The smallest absolute Gasteiger partial charge is 0.243 e. The molecule has 0 aliphatic heterocycles. The third kappa shape index (κ3) is 20.0. The molecule has 2 aromatic rings. The fourth-order valence-corrected chi connectivity index (χ4v) is 4.78. The molecule has 270 valence electrons. The van der Waals surface area contributed by atoms with Gasteiger partial charge in [-0.3, -0.25) is 29.2 Å². The average molecular weight is 693 g/mol. The SMILES string of the molecule is CCC.CCCCN.CNCC(=O)NC(CCCN=C(N)N)C(=O)NCC(=O)N[C@@H](CCCN=C(N)N)C(=O)c1nc2ccccc2s1. The Bertz CT molecular complexity index is 1260. The van der Waals surface area contributed by atoms with E-state index in [-0.39, 0.29) is 55.2 Å². The van der Waals surface area contributed by atoms with Crippen molar-refractivity contribution in [1.29, 1.82) is 0 Å². The van der Waals surface area contributed by atoms with Gasteiger partial charge in [0.25, 0.3) is 0 Å². The lowest BCUT2D eigenvalue weighted by Gasteiger charge is -2.19. The molecule has 1 unspecified atom stereocenters. The Hall–Kier alpha value is -4.35. The number of hydrogen-bond donors (Lipinski definition) is 9. The van der Waals surface area contributed by atoms with Crippen LogP contribution in [0.25, 0.3) is 10.2 Å². The Kier molecular flexibility index (Phi) is 24.3. The molecular weight excluding hydrogens is 636 g/mol. The summed E-state index contributed by atoms with van der Waals surface area (Å²) in [6.45, 7) is 7.36. The van der Waals surface area contributed by atoms with Gasteiger partial charge in [0.1, 0.15) is 6.04 Å². The van der Waals surface area contributed by atoms with E-state index < -0.39 is 36.3 Å². The quantitative estimate of drug-likeness (QED) is 0.0410. The molecule has 0 aliphatic carbocycles. The van der Waals surface area contributed by atoms with E-state index in [1.165, 1.54) is 30.6 Å². The summed E-state index contributed by atoms with van der Waals surface area (Å²) in [5.41, 5.74) is 27.2. The van der Waals surface area contributed by atoms with Crippen molar-refractivity contribution in [3.63, 3.8) is 0 Å². The van der Waals surface area contributed by atoms with Gasteiger partial charge in [0, 0.05) is 13.1 Å². The molecule has 1 aromatic carbocycles. The number of unbranched alkanes of at least 4 members (excludes halogenated alkanes) is 1. The highest BCUT2D eigenvalue weighted by molar-refractivity contribution is 7.20. The number of nitrogens with zero attached hydrogens (tertiary/aromatic N) is 3. The summed E-state index contributed by atoms with van der Waals surface area (Å²) in [5, 5.41) is 10.8. The van der Waals surface area contributed by atoms with Gasteiger partial charge in [-0.15, -0.1) is 11.3 Å². The normalized spacial score (nSPS) is 11.4. The molecular formula is C31H56N12O4S. The zero-order valence-electron chi connectivity index (χ0n) is 28.7. The highest BCUT2D eigenvalue weighted by atomic mass is 32.1. The van der Waals surface area contributed by atoms with Crippen LogP contribution in [0.2, 0.25) is 0 Å². The number of hydrogen-bond acceptors (Lipinski definition) is 10. The second kappa shape index (κ2) is 26.7. The van der Waals surface area contributed by atoms with Crippen LogP contribution in [0.15, 0.2) is 34.3 Å². The van der Waals surface area contributed by atoms with Crippen LogP contribution >= 0.6 is 11.3 Å². The number of thiazole rings is 1. The molecule has 14 N–H and O–H groups in total. The average Bonchev–Trinajstić information content (AvgIpc) is 3.48. The number of benzene rings is 1. The maximum absolute atomic E-state index is 13.3. The number of carbonyl (C=O) groups is 4. The number of likely N-dealkylation sites (N-methyl/N-ethyl adjacent to an activating group) is 1. The maximum atomic E-state index is 13.3. The molecule has 17 heteroatoms. The number of fused-ring (bicyclic) bond motifs is 1. The standard InChI is InChI=1S/C24H37N11O4S.C4H11N.C3H8/c1-29-12-18(36)34-16(8-5-11-31-24(27)28)21(39)32-13-19(37)33-15(7-4-10-30-23(25)26)20(38)22-35-14-6-2-3-9-17(14)40-22;1-2-3-4-5;1-3-2/h2-3,6,9,15-16,29H,4-5,7-8,10-13H2,1H3,(H,32,39)(H,33,37)(H,34,36)(H4,25,26,30)(H4,27,28,31);2-5H2,1H3;3H2,1-2H3/t15-,16?;;/m0../s1. The summed E-state index contributed by atoms with van der Waals surface area (Å²) < 4.78 is 0.842. The molecule has 0 saturated heterocycles. The highest BCUT2D eigenvalue weighted by Gasteiger charge is 2.26. The Morgan fingerprint density at radius 3 is 1.88 bits per heavy atom. The molecule has 0 saturated carbocycles. The van der Waals surface area contributed by atoms with E-state index in [4.69, 9.17) is 28.7 Å². The second-order valence-electron chi connectivity index (χ2n) is 10.6. The lowest BCUT2D eigenvalue weighted by Crippen LogP contribution is -2.51. The molecule has 48 heavy (non-hydrogen) atoms. The van der Waals surface area contributed by atoms with Crippen LogP contribution in [-0.2, 0) is 14.4 Å². The molecule has 16 nitrogen and oxygen atoms in total. The molecule has 0 spiro atoms. The molecule has 1 heterocycles. The van der Waals surface area contributed by atoms with Gasteiger partial charge in [0.2, 0.25) is 23.5 Å². The van der Waals surface area contributed by atoms with Crippen LogP contribution in [0.4, 0.5) is 0 Å². The number of amides is 3. The first-order valence-corrected chi connectivity index (χ1v) is 17.0. The van der Waals surface area contributed by atoms with Crippen LogP contribution in [0.3, 0.4) is 0 Å². The van der Waals surface area contributed by atoms with Gasteiger partial charge in [-0.25, -0.2) is 4.98 Å². The summed E-state index contributed by atoms with van der Waals surface area (Å²) in [7, 11) is 1.60. The number of ketones is 1. The summed E-state index contributed by atoms with van der Waals surface area (Å²) in [4.78, 5) is 63.1. The zero-order chi connectivity index (χ0) is 36.3. The van der Waals surface area contributed by atoms with E-state index in [0.717, 1.165) is 11.2 Å². The topological polar surface area (TPSA) is 284 Å². The van der Waals surface area contributed by atoms with Gasteiger partial charge >= 0.3 is 0 Å². The van der Waals surface area contributed by atoms with E-state index in [1.54, 1.807) is 13.1 Å². The molecule has 3 amide bonds. The van der Waals surface area contributed by atoms with Gasteiger partial charge in [0.15, 0.2) is 16.9 Å². The van der Waals surface area contributed by atoms with Crippen LogP contribution in [-0.4, -0.2) is 92.3 Å². The lowest BCUT2D eigenvalue weighted by molar-refractivity contribution is -0.130. The van der Waals surface area contributed by atoms with Gasteiger partial charge in [-0.05, 0) is 57.8 Å². The van der Waals surface area contributed by atoms with Crippen LogP contribution in [0, 0.1) is 0 Å². The van der Waals surface area contributed by atoms with Crippen molar-refractivity contribution in [2.75, 3.05) is 39.8 Å². The number of Topliss-reactive ketones (excluding diaryl/α,β-unsaturated/α-hetero) is 1. The second-order valence-corrected chi connectivity index (χ2v) is 11.6.